The molecule has 26 heavy (non-hydrogen) atoms. The summed E-state index contributed by atoms with van der Waals surface area (Å²) in [6, 6.07) is 18.8. The van der Waals surface area contributed by atoms with Gasteiger partial charge in [0.15, 0.2) is 0 Å². The molecule has 136 valence electrons. The van der Waals surface area contributed by atoms with Crippen LogP contribution in [0, 0.1) is 0 Å². The Hall–Kier alpha value is -2.82. The van der Waals surface area contributed by atoms with E-state index in [1.807, 2.05) is 48.5 Å². The maximum Gasteiger partial charge on any atom is 0.329 e. The molecule has 0 aliphatic heterocycles. The first-order chi connectivity index (χ1) is 12.7. The monoisotopic (exact) mass is 352 g/mol. The lowest BCUT2D eigenvalue weighted by atomic mass is 10.1. The molecule has 2 aromatic rings. The first-order valence-corrected chi connectivity index (χ1v) is 9.00. The minimum Gasteiger partial charge on any atom is -0.464 e. The smallest absolute Gasteiger partial charge is 0.329 e. The Bertz CT molecular complexity index is 733. The molecule has 2 N–H and O–H groups in total. The van der Waals surface area contributed by atoms with E-state index in [4.69, 9.17) is 4.74 Å². The summed E-state index contributed by atoms with van der Waals surface area (Å²) < 4.78 is 5.11. The molecule has 2 aromatic carbocycles. The zero-order valence-corrected chi connectivity index (χ0v) is 14.9. The van der Waals surface area contributed by atoms with Gasteiger partial charge in [-0.25, -0.2) is 9.59 Å². The number of nitrogens with one attached hydrogen (secondary N) is 2. The molecule has 3 atom stereocenters. The van der Waals surface area contributed by atoms with E-state index in [0.717, 1.165) is 12.0 Å². The molecule has 0 saturated heterocycles. The lowest BCUT2D eigenvalue weighted by molar-refractivity contribution is -0.145. The van der Waals surface area contributed by atoms with Gasteiger partial charge in [-0.2, -0.15) is 0 Å². The third-order valence-electron chi connectivity index (χ3n) is 4.49. The predicted octanol–water partition coefficient (Wildman–Crippen LogP) is 3.02. The average molecular weight is 352 g/mol. The fraction of sp³-hybridized carbons (Fsp3) is 0.333. The van der Waals surface area contributed by atoms with Gasteiger partial charge in [-0.1, -0.05) is 60.7 Å². The Morgan fingerprint density at radius 1 is 1.08 bits per heavy atom. The van der Waals surface area contributed by atoms with Gasteiger partial charge in [0.1, 0.15) is 6.04 Å². The van der Waals surface area contributed by atoms with Crippen LogP contribution in [0.25, 0.3) is 0 Å². The Labute approximate surface area is 153 Å². The second kappa shape index (κ2) is 8.52. The summed E-state index contributed by atoms with van der Waals surface area (Å²) in [4.78, 5) is 24.6. The van der Waals surface area contributed by atoms with Gasteiger partial charge in [0.05, 0.1) is 6.61 Å². The van der Waals surface area contributed by atoms with E-state index in [-0.39, 0.29) is 18.7 Å². The van der Waals surface area contributed by atoms with Crippen molar-refractivity contribution in [3.05, 3.63) is 71.8 Å². The lowest BCUT2D eigenvalue weighted by Crippen LogP contribution is -2.48. The largest absolute Gasteiger partial charge is 0.464 e. The van der Waals surface area contributed by atoms with Crippen molar-refractivity contribution >= 4 is 12.0 Å². The summed E-state index contributed by atoms with van der Waals surface area (Å²) in [7, 11) is 0. The van der Waals surface area contributed by atoms with Crippen LogP contribution in [0.15, 0.2) is 60.7 Å². The average Bonchev–Trinajstić information content (AvgIpc) is 3.42. The second-order valence-corrected chi connectivity index (χ2v) is 6.47. The molecule has 1 aliphatic rings. The SMILES string of the molecule is CCOC(=O)C(Cc1ccccc1)NC(=O)NC1CC1c1ccccc1. The standard InChI is InChI=1S/C21H24N2O3/c1-2-26-20(24)19(13-15-9-5-3-6-10-15)23-21(25)22-18-14-17(18)16-11-7-4-8-12-16/h3-12,17-19H,2,13-14H2,1H3,(H2,22,23,25). The van der Waals surface area contributed by atoms with Crippen LogP contribution in [0.5, 0.6) is 0 Å². The van der Waals surface area contributed by atoms with Crippen molar-refractivity contribution in [1.29, 1.82) is 0 Å². The van der Waals surface area contributed by atoms with Crippen molar-refractivity contribution in [1.82, 2.24) is 10.6 Å². The Morgan fingerprint density at radius 3 is 2.38 bits per heavy atom. The normalized spacial score (nSPS) is 19.3. The number of urea groups is 1. The van der Waals surface area contributed by atoms with Crippen molar-refractivity contribution in [2.45, 2.75) is 37.8 Å². The molecule has 3 rings (SSSR count). The van der Waals surface area contributed by atoms with E-state index in [1.54, 1.807) is 6.92 Å². The molecule has 5 nitrogen and oxygen atoms in total. The number of hydrogen-bond donors (Lipinski definition) is 2. The van der Waals surface area contributed by atoms with Crippen LogP contribution in [-0.2, 0) is 16.0 Å². The van der Waals surface area contributed by atoms with Crippen molar-refractivity contribution in [3.8, 4) is 0 Å². The predicted molar refractivity (Wildman–Crippen MR) is 99.8 cm³/mol. The van der Waals surface area contributed by atoms with E-state index in [2.05, 4.69) is 22.8 Å². The highest BCUT2D eigenvalue weighted by Crippen LogP contribution is 2.40. The second-order valence-electron chi connectivity index (χ2n) is 6.47. The number of rotatable bonds is 7. The molecule has 2 amide bonds. The van der Waals surface area contributed by atoms with E-state index in [1.165, 1.54) is 5.56 Å². The summed E-state index contributed by atoms with van der Waals surface area (Å²) >= 11 is 0. The highest BCUT2D eigenvalue weighted by atomic mass is 16.5. The van der Waals surface area contributed by atoms with Crippen LogP contribution in [0.4, 0.5) is 4.79 Å². The van der Waals surface area contributed by atoms with Crippen molar-refractivity contribution in [2.75, 3.05) is 6.61 Å². The molecule has 5 heteroatoms. The van der Waals surface area contributed by atoms with Gasteiger partial charge in [-0.3, -0.25) is 0 Å². The van der Waals surface area contributed by atoms with Gasteiger partial charge in [0, 0.05) is 18.4 Å². The first kappa shape index (κ1) is 18.0. The Balaban J connectivity index is 1.56. The molecule has 0 heterocycles. The van der Waals surface area contributed by atoms with Crippen LogP contribution >= 0.6 is 0 Å². The van der Waals surface area contributed by atoms with Gasteiger partial charge in [0.2, 0.25) is 0 Å². The molecule has 0 radical (unpaired) electrons. The zero-order valence-electron chi connectivity index (χ0n) is 14.9. The molecule has 1 saturated carbocycles. The van der Waals surface area contributed by atoms with E-state index < -0.39 is 12.0 Å². The third kappa shape index (κ3) is 4.85. The molecule has 0 spiro atoms. The minimum absolute atomic E-state index is 0.108. The number of esters is 1. The van der Waals surface area contributed by atoms with Crippen LogP contribution in [0.3, 0.4) is 0 Å². The van der Waals surface area contributed by atoms with Crippen LogP contribution < -0.4 is 10.6 Å². The fourth-order valence-electron chi connectivity index (χ4n) is 3.08. The first-order valence-electron chi connectivity index (χ1n) is 9.00. The highest BCUT2D eigenvalue weighted by molar-refractivity contribution is 5.84. The zero-order chi connectivity index (χ0) is 18.4. The molecular weight excluding hydrogens is 328 g/mol. The van der Waals surface area contributed by atoms with E-state index >= 15 is 0 Å². The highest BCUT2D eigenvalue weighted by Gasteiger charge is 2.39. The maximum atomic E-state index is 12.3. The van der Waals surface area contributed by atoms with Gasteiger partial charge in [0.25, 0.3) is 0 Å². The molecule has 3 unspecified atom stereocenters. The summed E-state index contributed by atoms with van der Waals surface area (Å²) in [5, 5.41) is 5.73. The number of amides is 2. The summed E-state index contributed by atoms with van der Waals surface area (Å²) in [5.41, 5.74) is 2.20. The van der Waals surface area contributed by atoms with Crippen LogP contribution in [-0.4, -0.2) is 30.7 Å². The van der Waals surface area contributed by atoms with E-state index in [0.29, 0.717) is 12.3 Å². The maximum absolute atomic E-state index is 12.3. The van der Waals surface area contributed by atoms with Gasteiger partial charge >= 0.3 is 12.0 Å². The van der Waals surface area contributed by atoms with Crippen molar-refractivity contribution in [2.24, 2.45) is 0 Å². The van der Waals surface area contributed by atoms with Gasteiger partial charge < -0.3 is 15.4 Å². The minimum atomic E-state index is -0.703. The summed E-state index contributed by atoms with van der Waals surface area (Å²) in [5.74, 6) is -0.0703. The van der Waals surface area contributed by atoms with Crippen molar-refractivity contribution in [3.63, 3.8) is 0 Å². The number of benzene rings is 2. The molecule has 1 fully saturated rings. The summed E-state index contributed by atoms with van der Waals surface area (Å²) in [6.07, 6.45) is 1.32. The van der Waals surface area contributed by atoms with Crippen LogP contribution in [0.1, 0.15) is 30.4 Å². The van der Waals surface area contributed by atoms with Crippen molar-refractivity contribution < 1.29 is 14.3 Å². The number of hydrogen-bond acceptors (Lipinski definition) is 3. The number of ether oxygens (including phenoxy) is 1. The number of carbonyl (C=O) groups excluding carboxylic acids is 2. The van der Waals surface area contributed by atoms with E-state index in [9.17, 15) is 9.59 Å². The topological polar surface area (TPSA) is 67.4 Å². The lowest BCUT2D eigenvalue weighted by Gasteiger charge is -2.18. The molecular formula is C21H24N2O3. The van der Waals surface area contributed by atoms with Crippen LogP contribution in [0.2, 0.25) is 0 Å². The quantitative estimate of drug-likeness (QED) is 0.753. The Morgan fingerprint density at radius 2 is 1.73 bits per heavy atom. The molecule has 0 bridgehead atoms. The molecule has 0 aromatic heterocycles. The third-order valence-corrected chi connectivity index (χ3v) is 4.49. The number of carbonyl (C=O) groups is 2. The Kier molecular flexibility index (Phi) is 5.89. The summed E-state index contributed by atoms with van der Waals surface area (Å²) in [6.45, 7) is 2.04. The fourth-order valence-corrected chi connectivity index (χ4v) is 3.08. The molecule has 1 aliphatic carbocycles. The van der Waals surface area contributed by atoms with Gasteiger partial charge in [-0.15, -0.1) is 0 Å². The van der Waals surface area contributed by atoms with Gasteiger partial charge in [-0.05, 0) is 24.5 Å².